The largest absolute Gasteiger partial charge is 0.315 e. The van der Waals surface area contributed by atoms with Crippen LogP contribution in [0, 0.1) is 12.8 Å². The van der Waals surface area contributed by atoms with E-state index >= 15 is 0 Å². The number of aliphatic imine (C=N–C) groups is 1. The summed E-state index contributed by atoms with van der Waals surface area (Å²) in [5.41, 5.74) is 1.67. The van der Waals surface area contributed by atoms with Crippen LogP contribution in [0.15, 0.2) is 23.2 Å². The van der Waals surface area contributed by atoms with Gasteiger partial charge >= 0.3 is 0 Å². The highest BCUT2D eigenvalue weighted by atomic mass is 35.5. The van der Waals surface area contributed by atoms with Crippen molar-refractivity contribution in [1.82, 2.24) is 0 Å². The first-order chi connectivity index (χ1) is 11.2. The van der Waals surface area contributed by atoms with Crippen LogP contribution >= 0.6 is 23.4 Å². The molecule has 130 valence electrons. The Morgan fingerprint density at radius 3 is 2.75 bits per heavy atom. The van der Waals surface area contributed by atoms with Crippen LogP contribution in [0.5, 0.6) is 0 Å². The third-order valence-corrected chi connectivity index (χ3v) is 7.88. The van der Waals surface area contributed by atoms with E-state index in [-0.39, 0.29) is 34.6 Å². The maximum absolute atomic E-state index is 12.1. The van der Waals surface area contributed by atoms with Crippen molar-refractivity contribution in [3.63, 3.8) is 0 Å². The number of anilines is 1. The predicted octanol–water partition coefficient (Wildman–Crippen LogP) is 2.91. The van der Waals surface area contributed by atoms with Gasteiger partial charge in [0, 0.05) is 21.9 Å². The quantitative estimate of drug-likeness (QED) is 0.781. The van der Waals surface area contributed by atoms with E-state index in [1.807, 2.05) is 24.0 Å². The summed E-state index contributed by atoms with van der Waals surface area (Å²) in [4.78, 5) is 18.3. The molecule has 0 N–H and O–H groups in total. The first kappa shape index (κ1) is 17.8. The van der Waals surface area contributed by atoms with E-state index in [0.29, 0.717) is 10.2 Å². The number of fused-ring (bicyclic) bond motifs is 1. The Morgan fingerprint density at radius 1 is 1.38 bits per heavy atom. The van der Waals surface area contributed by atoms with Gasteiger partial charge < -0.3 is 4.90 Å². The van der Waals surface area contributed by atoms with E-state index < -0.39 is 9.84 Å². The highest BCUT2D eigenvalue weighted by molar-refractivity contribution is 8.16. The van der Waals surface area contributed by atoms with Gasteiger partial charge in [0.2, 0.25) is 0 Å². The van der Waals surface area contributed by atoms with Crippen LogP contribution in [0.4, 0.5) is 5.69 Å². The summed E-state index contributed by atoms with van der Waals surface area (Å²) in [6.07, 6.45) is 0. The predicted molar refractivity (Wildman–Crippen MR) is 99.8 cm³/mol. The van der Waals surface area contributed by atoms with Crippen molar-refractivity contribution in [2.45, 2.75) is 32.1 Å². The zero-order chi connectivity index (χ0) is 17.6. The molecule has 8 heteroatoms. The Kier molecular flexibility index (Phi) is 4.70. The van der Waals surface area contributed by atoms with Crippen LogP contribution in [0.1, 0.15) is 19.4 Å². The summed E-state index contributed by atoms with van der Waals surface area (Å²) in [6, 6.07) is 5.30. The van der Waals surface area contributed by atoms with Gasteiger partial charge in [0.25, 0.3) is 5.91 Å². The first-order valence-corrected chi connectivity index (χ1v) is 10.8. The van der Waals surface area contributed by atoms with Crippen molar-refractivity contribution >= 4 is 50.0 Å². The fourth-order valence-corrected chi connectivity index (χ4v) is 7.01. The Morgan fingerprint density at radius 2 is 2.08 bits per heavy atom. The third-order valence-electron chi connectivity index (χ3n) is 4.26. The number of rotatable bonds is 2. The summed E-state index contributed by atoms with van der Waals surface area (Å²) >= 11 is 7.62. The topological polar surface area (TPSA) is 66.8 Å². The molecule has 2 fully saturated rings. The number of carbonyl (C=O) groups is 1. The number of hydrogen-bond donors (Lipinski definition) is 0. The lowest BCUT2D eigenvalue weighted by molar-refractivity contribution is -0.120. The van der Waals surface area contributed by atoms with Gasteiger partial charge in [0.1, 0.15) is 0 Å². The average molecular weight is 387 g/mol. The van der Waals surface area contributed by atoms with E-state index in [4.69, 9.17) is 11.6 Å². The van der Waals surface area contributed by atoms with E-state index in [1.165, 1.54) is 11.8 Å². The molecule has 2 aliphatic heterocycles. The van der Waals surface area contributed by atoms with Crippen LogP contribution < -0.4 is 4.90 Å². The maximum atomic E-state index is 12.1. The molecule has 2 saturated heterocycles. The molecule has 2 heterocycles. The molecule has 1 aromatic rings. The van der Waals surface area contributed by atoms with Crippen molar-refractivity contribution in [1.29, 1.82) is 0 Å². The molecule has 0 aliphatic carbocycles. The third kappa shape index (κ3) is 3.21. The number of carbonyl (C=O) groups excluding carboxylic acids is 1. The molecule has 0 spiro atoms. The molecule has 3 rings (SSSR count). The zero-order valence-electron chi connectivity index (χ0n) is 13.7. The minimum atomic E-state index is -3.07. The van der Waals surface area contributed by atoms with Gasteiger partial charge in [-0.05, 0) is 24.6 Å². The monoisotopic (exact) mass is 386 g/mol. The van der Waals surface area contributed by atoms with Crippen molar-refractivity contribution in [2.75, 3.05) is 16.4 Å². The van der Waals surface area contributed by atoms with Crippen molar-refractivity contribution in [2.24, 2.45) is 10.9 Å². The van der Waals surface area contributed by atoms with Crippen molar-refractivity contribution in [3.05, 3.63) is 28.8 Å². The summed E-state index contributed by atoms with van der Waals surface area (Å²) in [6.45, 7) is 5.49. The normalized spacial score (nSPS) is 27.0. The smallest absolute Gasteiger partial charge is 0.250 e. The van der Waals surface area contributed by atoms with Crippen LogP contribution in [-0.2, 0) is 14.6 Å². The summed E-state index contributed by atoms with van der Waals surface area (Å²) in [5, 5.41) is 1.08. The van der Waals surface area contributed by atoms with E-state index in [9.17, 15) is 13.2 Å². The van der Waals surface area contributed by atoms with Gasteiger partial charge in [-0.1, -0.05) is 43.3 Å². The number of thioether (sulfide) groups is 1. The number of sulfone groups is 1. The van der Waals surface area contributed by atoms with Gasteiger partial charge in [0.15, 0.2) is 15.0 Å². The molecule has 0 saturated carbocycles. The number of benzene rings is 1. The summed E-state index contributed by atoms with van der Waals surface area (Å²) in [7, 11) is -3.07. The Balaban J connectivity index is 2.08. The maximum Gasteiger partial charge on any atom is 0.250 e. The Labute approximate surface area is 151 Å². The fraction of sp³-hybridized carbons (Fsp3) is 0.500. The van der Waals surface area contributed by atoms with E-state index in [2.05, 4.69) is 4.99 Å². The van der Waals surface area contributed by atoms with Gasteiger partial charge in [-0.25, -0.2) is 8.42 Å². The number of hydrogen-bond acceptors (Lipinski definition) is 4. The molecule has 1 aromatic carbocycles. The standard InChI is InChI=1S/C16H19ClN2O3S2/c1-9(2)15(20)18-16-19(12-6-4-5-11(17)10(12)3)13-7-24(21,22)8-14(13)23-16/h4-6,9,13-14H,7-8H2,1-3H3/t13-,14-/m0/s1. The molecular formula is C16H19ClN2O3S2. The van der Waals surface area contributed by atoms with Crippen molar-refractivity contribution < 1.29 is 13.2 Å². The Bertz CT molecular complexity index is 821. The van der Waals surface area contributed by atoms with Crippen LogP contribution in [0.25, 0.3) is 0 Å². The highest BCUT2D eigenvalue weighted by Gasteiger charge is 2.49. The van der Waals surface area contributed by atoms with Crippen LogP contribution in [0.2, 0.25) is 5.02 Å². The second kappa shape index (κ2) is 6.35. The molecule has 2 atom stereocenters. The zero-order valence-corrected chi connectivity index (χ0v) is 16.1. The summed E-state index contributed by atoms with van der Waals surface area (Å²) < 4.78 is 24.1. The first-order valence-electron chi connectivity index (χ1n) is 7.73. The van der Waals surface area contributed by atoms with Crippen LogP contribution in [0.3, 0.4) is 0 Å². The lowest BCUT2D eigenvalue weighted by Gasteiger charge is -2.26. The number of halogens is 1. The number of nitrogens with zero attached hydrogens (tertiary/aromatic N) is 2. The number of amides is 1. The average Bonchev–Trinajstić information content (AvgIpc) is 2.93. The molecule has 24 heavy (non-hydrogen) atoms. The van der Waals surface area contributed by atoms with Crippen molar-refractivity contribution in [3.8, 4) is 0 Å². The molecule has 0 bridgehead atoms. The van der Waals surface area contributed by atoms with Gasteiger partial charge in [-0.2, -0.15) is 4.99 Å². The fourth-order valence-electron chi connectivity index (χ4n) is 2.93. The van der Waals surface area contributed by atoms with E-state index in [0.717, 1.165) is 11.3 Å². The molecular weight excluding hydrogens is 368 g/mol. The molecule has 0 unspecified atom stereocenters. The number of amidine groups is 1. The lowest BCUT2D eigenvalue weighted by atomic mass is 10.1. The minimum absolute atomic E-state index is 0.0749. The van der Waals surface area contributed by atoms with E-state index in [1.54, 1.807) is 19.9 Å². The minimum Gasteiger partial charge on any atom is -0.315 e. The lowest BCUT2D eigenvalue weighted by Crippen LogP contribution is -2.38. The van der Waals surface area contributed by atoms with Gasteiger partial charge in [0.05, 0.1) is 17.5 Å². The molecule has 2 aliphatic rings. The molecule has 1 amide bonds. The van der Waals surface area contributed by atoms with Gasteiger partial charge in [-0.3, -0.25) is 4.79 Å². The van der Waals surface area contributed by atoms with Crippen LogP contribution in [-0.4, -0.2) is 42.3 Å². The summed E-state index contributed by atoms with van der Waals surface area (Å²) in [5.74, 6) is -0.214. The second-order valence-electron chi connectivity index (χ2n) is 6.44. The second-order valence-corrected chi connectivity index (χ2v) is 10.2. The molecule has 0 radical (unpaired) electrons. The Hall–Kier alpha value is -1.05. The molecule has 0 aromatic heterocycles. The van der Waals surface area contributed by atoms with Gasteiger partial charge in [-0.15, -0.1) is 0 Å². The SMILES string of the molecule is Cc1c(Cl)cccc1N1C(=NC(=O)C(C)C)S[C@H]2CS(=O)(=O)C[C@@H]21. The molecule has 5 nitrogen and oxygen atoms in total. The highest BCUT2D eigenvalue weighted by Crippen LogP contribution is 2.42.